The first-order valence-electron chi connectivity index (χ1n) is 4.08. The molecule has 2 rings (SSSR count). The van der Waals surface area contributed by atoms with Crippen molar-refractivity contribution >= 4 is 17.6 Å². The Balaban J connectivity index is 2.38. The first kappa shape index (κ1) is 8.56. The van der Waals surface area contributed by atoms with Gasteiger partial charge in [-0.3, -0.25) is 0 Å². The minimum absolute atomic E-state index is 0.0337. The van der Waals surface area contributed by atoms with Crippen molar-refractivity contribution in [2.45, 2.75) is 25.2 Å². The molecule has 1 N–H and O–H groups in total. The highest BCUT2D eigenvalue weighted by atomic mass is 35.5. The van der Waals surface area contributed by atoms with E-state index in [-0.39, 0.29) is 16.6 Å². The summed E-state index contributed by atoms with van der Waals surface area (Å²) in [6.45, 7) is 0. The average Bonchev–Trinajstić information content (AvgIpc) is 2.28. The number of carboxylic acids is 1. The molecule has 1 aliphatic rings. The molecule has 70 valence electrons. The lowest BCUT2D eigenvalue weighted by Gasteiger charge is -2.22. The second-order valence-electron chi connectivity index (χ2n) is 3.15. The molecule has 1 aromatic heterocycles. The van der Waals surface area contributed by atoms with E-state index >= 15 is 0 Å². The summed E-state index contributed by atoms with van der Waals surface area (Å²) in [4.78, 5) is 10.8. The molecule has 0 aromatic carbocycles. The van der Waals surface area contributed by atoms with Crippen molar-refractivity contribution in [3.63, 3.8) is 0 Å². The highest BCUT2D eigenvalue weighted by molar-refractivity contribution is 6.32. The number of hydrogen-bond donors (Lipinski definition) is 1. The fourth-order valence-electron chi connectivity index (χ4n) is 1.42. The Labute approximate surface area is 79.5 Å². The van der Waals surface area contributed by atoms with Crippen LogP contribution < -0.4 is 0 Å². The zero-order valence-corrected chi connectivity index (χ0v) is 7.54. The van der Waals surface area contributed by atoms with Gasteiger partial charge in [-0.15, -0.1) is 0 Å². The second-order valence-corrected chi connectivity index (χ2v) is 3.50. The van der Waals surface area contributed by atoms with E-state index < -0.39 is 5.97 Å². The summed E-state index contributed by atoms with van der Waals surface area (Å²) in [7, 11) is 0. The number of rotatable bonds is 2. The van der Waals surface area contributed by atoms with Crippen molar-refractivity contribution in [1.29, 1.82) is 0 Å². The van der Waals surface area contributed by atoms with E-state index in [4.69, 9.17) is 21.2 Å². The Hall–Kier alpha value is -1.03. The van der Waals surface area contributed by atoms with Crippen LogP contribution in [-0.2, 0) is 0 Å². The highest BCUT2D eigenvalue weighted by Crippen LogP contribution is 2.39. The zero-order chi connectivity index (χ0) is 9.42. The van der Waals surface area contributed by atoms with E-state index in [2.05, 4.69) is 5.16 Å². The lowest BCUT2D eigenvalue weighted by Crippen LogP contribution is -2.11. The zero-order valence-electron chi connectivity index (χ0n) is 6.79. The maximum atomic E-state index is 10.8. The number of halogens is 1. The summed E-state index contributed by atoms with van der Waals surface area (Å²) in [5, 5.41) is 12.2. The summed E-state index contributed by atoms with van der Waals surface area (Å²) >= 11 is 5.58. The second kappa shape index (κ2) is 3.03. The van der Waals surface area contributed by atoms with Crippen LogP contribution >= 0.6 is 11.6 Å². The van der Waals surface area contributed by atoms with Gasteiger partial charge in [-0.05, 0) is 12.8 Å². The number of carbonyl (C=O) groups is 1. The molecule has 0 spiro atoms. The topological polar surface area (TPSA) is 63.3 Å². The van der Waals surface area contributed by atoms with E-state index in [1.54, 1.807) is 0 Å². The third-order valence-corrected chi connectivity index (χ3v) is 2.62. The lowest BCUT2D eigenvalue weighted by atomic mass is 9.82. The summed E-state index contributed by atoms with van der Waals surface area (Å²) < 4.78 is 4.90. The van der Waals surface area contributed by atoms with Crippen LogP contribution in [-0.4, -0.2) is 16.2 Å². The van der Waals surface area contributed by atoms with Crippen LogP contribution in [0.15, 0.2) is 4.52 Å². The van der Waals surface area contributed by atoms with Gasteiger partial charge in [-0.25, -0.2) is 4.79 Å². The first-order valence-corrected chi connectivity index (χ1v) is 4.46. The first-order chi connectivity index (χ1) is 6.20. The third-order valence-electron chi connectivity index (χ3n) is 2.37. The predicted molar refractivity (Wildman–Crippen MR) is 45.1 cm³/mol. The minimum Gasteiger partial charge on any atom is -0.477 e. The third kappa shape index (κ3) is 1.31. The monoisotopic (exact) mass is 201 g/mol. The standard InChI is InChI=1S/C8H8ClNO3/c9-7-5(8(11)12)6(13-10-7)4-2-1-3-4/h4H,1-3H2,(H,11,12). The number of nitrogens with zero attached hydrogens (tertiary/aromatic N) is 1. The van der Waals surface area contributed by atoms with E-state index in [0.29, 0.717) is 5.76 Å². The van der Waals surface area contributed by atoms with Crippen LogP contribution in [0.25, 0.3) is 0 Å². The molecule has 0 saturated heterocycles. The van der Waals surface area contributed by atoms with Gasteiger partial charge in [0.1, 0.15) is 5.56 Å². The molecule has 0 aliphatic heterocycles. The van der Waals surface area contributed by atoms with Crippen LogP contribution in [0.2, 0.25) is 5.15 Å². The molecule has 4 nitrogen and oxygen atoms in total. The van der Waals surface area contributed by atoms with Crippen molar-refractivity contribution < 1.29 is 14.4 Å². The minimum atomic E-state index is -1.06. The van der Waals surface area contributed by atoms with E-state index in [1.165, 1.54) is 0 Å². The van der Waals surface area contributed by atoms with Gasteiger partial charge in [-0.2, -0.15) is 0 Å². The van der Waals surface area contributed by atoms with Gasteiger partial charge in [0.05, 0.1) is 0 Å². The Morgan fingerprint density at radius 2 is 2.31 bits per heavy atom. The van der Waals surface area contributed by atoms with Gasteiger partial charge in [-0.1, -0.05) is 23.2 Å². The molecule has 0 bridgehead atoms. The quantitative estimate of drug-likeness (QED) is 0.798. The van der Waals surface area contributed by atoms with Gasteiger partial charge >= 0.3 is 5.97 Å². The summed E-state index contributed by atoms with van der Waals surface area (Å²) in [6, 6.07) is 0. The Morgan fingerprint density at radius 1 is 1.62 bits per heavy atom. The number of aromatic nitrogens is 1. The summed E-state index contributed by atoms with van der Waals surface area (Å²) in [5.74, 6) is -0.428. The molecule has 0 amide bonds. The Kier molecular flexibility index (Phi) is 2.00. The molecule has 1 saturated carbocycles. The molecule has 1 fully saturated rings. The predicted octanol–water partition coefficient (Wildman–Crippen LogP) is 2.29. The number of carboxylic acid groups (broad SMARTS) is 1. The maximum Gasteiger partial charge on any atom is 0.342 e. The molecule has 1 heterocycles. The molecular weight excluding hydrogens is 194 g/mol. The molecule has 13 heavy (non-hydrogen) atoms. The maximum absolute atomic E-state index is 10.8. The Bertz CT molecular complexity index is 343. The van der Waals surface area contributed by atoms with E-state index in [9.17, 15) is 4.79 Å². The van der Waals surface area contributed by atoms with Gasteiger partial charge in [0.15, 0.2) is 10.9 Å². The van der Waals surface area contributed by atoms with Crippen molar-refractivity contribution in [2.24, 2.45) is 0 Å². The molecule has 0 radical (unpaired) electrons. The smallest absolute Gasteiger partial charge is 0.342 e. The molecule has 0 atom stereocenters. The molecule has 1 aliphatic carbocycles. The van der Waals surface area contributed by atoms with Gasteiger partial charge < -0.3 is 9.63 Å². The van der Waals surface area contributed by atoms with Crippen LogP contribution in [0.1, 0.15) is 41.3 Å². The Morgan fingerprint density at radius 3 is 2.77 bits per heavy atom. The average molecular weight is 202 g/mol. The summed E-state index contributed by atoms with van der Waals surface area (Å²) in [5.41, 5.74) is 0.0337. The van der Waals surface area contributed by atoms with Crippen LogP contribution in [0.3, 0.4) is 0 Å². The van der Waals surface area contributed by atoms with Gasteiger partial charge in [0.2, 0.25) is 0 Å². The lowest BCUT2D eigenvalue weighted by molar-refractivity contribution is 0.0692. The van der Waals surface area contributed by atoms with Crippen LogP contribution in [0, 0.1) is 0 Å². The molecule has 0 unspecified atom stereocenters. The fourth-order valence-corrected chi connectivity index (χ4v) is 1.63. The van der Waals surface area contributed by atoms with E-state index in [0.717, 1.165) is 19.3 Å². The van der Waals surface area contributed by atoms with Gasteiger partial charge in [0.25, 0.3) is 0 Å². The highest BCUT2D eigenvalue weighted by Gasteiger charge is 2.31. The number of aromatic carboxylic acids is 1. The van der Waals surface area contributed by atoms with E-state index in [1.807, 2.05) is 0 Å². The molecule has 5 heteroatoms. The fraction of sp³-hybridized carbons (Fsp3) is 0.500. The SMILES string of the molecule is O=C(O)c1c(Cl)noc1C1CCC1. The van der Waals surface area contributed by atoms with Crippen LogP contribution in [0.4, 0.5) is 0 Å². The van der Waals surface area contributed by atoms with Crippen molar-refractivity contribution in [1.82, 2.24) is 5.16 Å². The van der Waals surface area contributed by atoms with Crippen molar-refractivity contribution in [2.75, 3.05) is 0 Å². The molecular formula is C8H8ClNO3. The summed E-state index contributed by atoms with van der Waals surface area (Å²) in [6.07, 6.45) is 3.04. The van der Waals surface area contributed by atoms with Gasteiger partial charge in [0, 0.05) is 5.92 Å². The largest absolute Gasteiger partial charge is 0.477 e. The molecule has 1 aromatic rings. The number of hydrogen-bond acceptors (Lipinski definition) is 3. The van der Waals surface area contributed by atoms with Crippen molar-refractivity contribution in [3.8, 4) is 0 Å². The van der Waals surface area contributed by atoms with Crippen molar-refractivity contribution in [3.05, 3.63) is 16.5 Å². The normalized spacial score (nSPS) is 17.0. The van der Waals surface area contributed by atoms with Crippen LogP contribution in [0.5, 0.6) is 0 Å².